The molecule has 2 rings (SSSR count). The average Bonchev–Trinajstić information content (AvgIpc) is 2.90. The summed E-state index contributed by atoms with van der Waals surface area (Å²) in [6.45, 7) is 3.37. The summed E-state index contributed by atoms with van der Waals surface area (Å²) in [4.78, 5) is 6.32. The molecule has 0 aromatic heterocycles. The highest BCUT2D eigenvalue weighted by molar-refractivity contribution is 14.0. The molecule has 5 nitrogen and oxygen atoms in total. The third-order valence-corrected chi connectivity index (χ3v) is 6.06. The maximum Gasteiger partial charge on any atom is 0.416 e. The standard InChI is InChI=1S/C17H24F3N3O2S.HI/c1-3-21-16(22-10-14-8-9-26(24,25)12-14)23(2)11-13-4-6-15(7-5-13)17(18,19)20;/h4-7,14H,3,8-12H2,1-2H3,(H,21,22);1H. The maximum absolute atomic E-state index is 12.6. The lowest BCUT2D eigenvalue weighted by molar-refractivity contribution is -0.137. The largest absolute Gasteiger partial charge is 0.416 e. The second kappa shape index (κ2) is 9.94. The minimum Gasteiger partial charge on any atom is -0.357 e. The summed E-state index contributed by atoms with van der Waals surface area (Å²) in [7, 11) is -1.14. The summed E-state index contributed by atoms with van der Waals surface area (Å²) in [6.07, 6.45) is -3.73. The monoisotopic (exact) mass is 519 g/mol. The van der Waals surface area contributed by atoms with Gasteiger partial charge in [0.1, 0.15) is 0 Å². The lowest BCUT2D eigenvalue weighted by Crippen LogP contribution is -2.38. The zero-order valence-corrected chi connectivity index (χ0v) is 18.4. The minimum atomic E-state index is -4.34. The third kappa shape index (κ3) is 7.47. The zero-order valence-electron chi connectivity index (χ0n) is 15.3. The highest BCUT2D eigenvalue weighted by atomic mass is 127. The number of guanidine groups is 1. The smallest absolute Gasteiger partial charge is 0.357 e. The number of alkyl halides is 3. The Labute approximate surface area is 175 Å². The molecule has 0 bridgehead atoms. The Balaban J connectivity index is 0.00000364. The molecule has 1 aliphatic heterocycles. The van der Waals surface area contributed by atoms with Crippen molar-refractivity contribution in [2.45, 2.75) is 26.1 Å². The molecule has 1 atom stereocenters. The number of hydrogen-bond acceptors (Lipinski definition) is 3. The number of aliphatic imine (C=N–C) groups is 1. The molecule has 1 aromatic rings. The molecule has 1 heterocycles. The lowest BCUT2D eigenvalue weighted by Gasteiger charge is -2.23. The first kappa shape index (κ1) is 24.0. The van der Waals surface area contributed by atoms with Crippen LogP contribution in [0.25, 0.3) is 0 Å². The van der Waals surface area contributed by atoms with Crippen molar-refractivity contribution in [2.24, 2.45) is 10.9 Å². The van der Waals surface area contributed by atoms with Gasteiger partial charge in [0.15, 0.2) is 15.8 Å². The molecule has 0 radical (unpaired) electrons. The Morgan fingerprint density at radius 2 is 1.93 bits per heavy atom. The van der Waals surface area contributed by atoms with Crippen molar-refractivity contribution in [1.29, 1.82) is 0 Å². The van der Waals surface area contributed by atoms with Crippen LogP contribution in [0.2, 0.25) is 0 Å². The normalized spacial score (nSPS) is 19.4. The summed E-state index contributed by atoms with van der Waals surface area (Å²) in [6, 6.07) is 5.03. The SMILES string of the molecule is CCNC(=NCC1CCS(=O)(=O)C1)N(C)Cc1ccc(C(F)(F)F)cc1.I. The van der Waals surface area contributed by atoms with Crippen LogP contribution >= 0.6 is 24.0 Å². The van der Waals surface area contributed by atoms with Crippen LogP contribution in [0.3, 0.4) is 0 Å². The van der Waals surface area contributed by atoms with Crippen LogP contribution in [0.1, 0.15) is 24.5 Å². The summed E-state index contributed by atoms with van der Waals surface area (Å²) in [5.74, 6) is 1.01. The van der Waals surface area contributed by atoms with Crippen molar-refractivity contribution in [1.82, 2.24) is 10.2 Å². The summed E-state index contributed by atoms with van der Waals surface area (Å²) in [5.41, 5.74) is 0.0569. The van der Waals surface area contributed by atoms with Gasteiger partial charge >= 0.3 is 6.18 Å². The summed E-state index contributed by atoms with van der Waals surface area (Å²) < 4.78 is 61.0. The molecule has 0 amide bonds. The van der Waals surface area contributed by atoms with Gasteiger partial charge in [-0.05, 0) is 37.0 Å². The van der Waals surface area contributed by atoms with E-state index in [1.54, 1.807) is 7.05 Å². The van der Waals surface area contributed by atoms with Gasteiger partial charge in [-0.3, -0.25) is 4.99 Å². The first-order chi connectivity index (χ1) is 12.1. The predicted octanol–water partition coefficient (Wildman–Crippen LogP) is 3.16. The molecule has 27 heavy (non-hydrogen) atoms. The van der Waals surface area contributed by atoms with Crippen LogP contribution in [0.5, 0.6) is 0 Å². The fraction of sp³-hybridized carbons (Fsp3) is 0.588. The number of nitrogens with one attached hydrogen (secondary N) is 1. The van der Waals surface area contributed by atoms with E-state index in [4.69, 9.17) is 0 Å². The lowest BCUT2D eigenvalue weighted by atomic mass is 10.1. The van der Waals surface area contributed by atoms with E-state index in [-0.39, 0.29) is 41.4 Å². The minimum absolute atomic E-state index is 0. The Morgan fingerprint density at radius 3 is 2.41 bits per heavy atom. The van der Waals surface area contributed by atoms with Gasteiger partial charge in [0.05, 0.1) is 17.1 Å². The van der Waals surface area contributed by atoms with Crippen LogP contribution in [-0.4, -0.2) is 50.9 Å². The molecule has 0 spiro atoms. The summed E-state index contributed by atoms with van der Waals surface area (Å²) >= 11 is 0. The molecular formula is C17H25F3IN3O2S. The fourth-order valence-electron chi connectivity index (χ4n) is 2.85. The number of sulfone groups is 1. The second-order valence-corrected chi connectivity index (χ2v) is 8.74. The van der Waals surface area contributed by atoms with Crippen molar-refractivity contribution < 1.29 is 21.6 Å². The van der Waals surface area contributed by atoms with Crippen LogP contribution in [0, 0.1) is 5.92 Å². The number of nitrogens with zero attached hydrogens (tertiary/aromatic N) is 2. The third-order valence-electron chi connectivity index (χ3n) is 4.22. The van der Waals surface area contributed by atoms with E-state index in [0.717, 1.165) is 17.7 Å². The molecule has 154 valence electrons. The van der Waals surface area contributed by atoms with Gasteiger partial charge in [0, 0.05) is 26.7 Å². The van der Waals surface area contributed by atoms with E-state index >= 15 is 0 Å². The van der Waals surface area contributed by atoms with E-state index in [0.29, 0.717) is 32.0 Å². The number of halogens is 4. The van der Waals surface area contributed by atoms with E-state index in [9.17, 15) is 21.6 Å². The molecule has 1 unspecified atom stereocenters. The van der Waals surface area contributed by atoms with Gasteiger partial charge < -0.3 is 10.2 Å². The average molecular weight is 519 g/mol. The van der Waals surface area contributed by atoms with Crippen LogP contribution in [-0.2, 0) is 22.6 Å². The Hall–Kier alpha value is -1.04. The molecule has 1 aromatic carbocycles. The van der Waals surface area contributed by atoms with Gasteiger partial charge in [-0.2, -0.15) is 13.2 Å². The molecule has 1 aliphatic rings. The van der Waals surface area contributed by atoms with Gasteiger partial charge in [-0.15, -0.1) is 24.0 Å². The quantitative estimate of drug-likeness (QED) is 0.369. The van der Waals surface area contributed by atoms with Crippen molar-refractivity contribution >= 4 is 39.8 Å². The molecular weight excluding hydrogens is 494 g/mol. The molecule has 0 aliphatic carbocycles. The van der Waals surface area contributed by atoms with Crippen molar-refractivity contribution in [3.8, 4) is 0 Å². The van der Waals surface area contributed by atoms with Crippen molar-refractivity contribution in [3.05, 3.63) is 35.4 Å². The first-order valence-electron chi connectivity index (χ1n) is 8.46. The Bertz CT molecular complexity index is 737. The first-order valence-corrected chi connectivity index (χ1v) is 10.3. The van der Waals surface area contributed by atoms with Gasteiger partial charge in [0.2, 0.25) is 0 Å². The molecule has 1 N–H and O–H groups in total. The molecule has 10 heteroatoms. The van der Waals surface area contributed by atoms with Gasteiger partial charge in [0.25, 0.3) is 0 Å². The number of rotatable bonds is 5. The van der Waals surface area contributed by atoms with E-state index in [1.807, 2.05) is 11.8 Å². The molecule has 1 fully saturated rings. The topological polar surface area (TPSA) is 61.8 Å². The van der Waals surface area contributed by atoms with E-state index in [1.165, 1.54) is 12.1 Å². The maximum atomic E-state index is 12.6. The van der Waals surface area contributed by atoms with Crippen LogP contribution < -0.4 is 5.32 Å². The zero-order chi connectivity index (χ0) is 19.4. The van der Waals surface area contributed by atoms with Gasteiger partial charge in [-0.25, -0.2) is 8.42 Å². The predicted molar refractivity (Wildman–Crippen MR) is 111 cm³/mol. The van der Waals surface area contributed by atoms with Crippen molar-refractivity contribution in [3.63, 3.8) is 0 Å². The Kier molecular flexibility index (Phi) is 8.84. The molecule has 1 saturated heterocycles. The van der Waals surface area contributed by atoms with Gasteiger partial charge in [-0.1, -0.05) is 12.1 Å². The van der Waals surface area contributed by atoms with E-state index in [2.05, 4.69) is 10.3 Å². The van der Waals surface area contributed by atoms with Crippen LogP contribution in [0.15, 0.2) is 29.3 Å². The van der Waals surface area contributed by atoms with E-state index < -0.39 is 21.6 Å². The summed E-state index contributed by atoms with van der Waals surface area (Å²) in [5, 5.41) is 3.13. The number of hydrogen-bond donors (Lipinski definition) is 1. The number of benzene rings is 1. The Morgan fingerprint density at radius 1 is 1.30 bits per heavy atom. The van der Waals surface area contributed by atoms with Crippen molar-refractivity contribution in [2.75, 3.05) is 31.6 Å². The van der Waals surface area contributed by atoms with Crippen LogP contribution in [0.4, 0.5) is 13.2 Å². The highest BCUT2D eigenvalue weighted by Crippen LogP contribution is 2.29. The fourth-order valence-corrected chi connectivity index (χ4v) is 4.70. The second-order valence-electron chi connectivity index (χ2n) is 6.51. The molecule has 0 saturated carbocycles. The highest BCUT2D eigenvalue weighted by Gasteiger charge is 2.30.